The Hall–Kier alpha value is -0.0400. The van der Waals surface area contributed by atoms with Gasteiger partial charge in [-0.25, -0.2) is 0 Å². The van der Waals surface area contributed by atoms with Gasteiger partial charge in [0.25, 0.3) is 0 Å². The fraction of sp³-hybridized carbons (Fsp3) is 1.00. The van der Waals surface area contributed by atoms with Crippen molar-refractivity contribution in [2.24, 2.45) is 17.3 Å². The van der Waals surface area contributed by atoms with Crippen LogP contribution in [0.4, 0.5) is 0 Å². The van der Waals surface area contributed by atoms with Crippen LogP contribution >= 0.6 is 0 Å². The maximum absolute atomic E-state index is 3.48. The van der Waals surface area contributed by atoms with Crippen LogP contribution in [0.5, 0.6) is 0 Å². The predicted octanol–water partition coefficient (Wildman–Crippen LogP) is 2.67. The Morgan fingerprint density at radius 1 is 1.42 bits per heavy atom. The summed E-state index contributed by atoms with van der Waals surface area (Å²) in [6.07, 6.45) is 2.76. The molecule has 1 aliphatic rings. The first-order chi connectivity index (χ1) is 5.52. The van der Waals surface area contributed by atoms with E-state index in [0.717, 1.165) is 11.8 Å². The minimum Gasteiger partial charge on any atom is -0.316 e. The third-order valence-corrected chi connectivity index (χ3v) is 3.11. The smallest absolute Gasteiger partial charge is 0.000518 e. The normalized spacial score (nSPS) is 29.2. The molecule has 1 unspecified atom stereocenters. The molecule has 0 aromatic carbocycles. The highest BCUT2D eigenvalue weighted by Gasteiger charge is 2.31. The lowest BCUT2D eigenvalue weighted by Gasteiger charge is -2.40. The van der Waals surface area contributed by atoms with Crippen molar-refractivity contribution in [2.45, 2.75) is 40.5 Å². The van der Waals surface area contributed by atoms with Gasteiger partial charge in [-0.05, 0) is 36.6 Å². The minimum atomic E-state index is 0.516. The van der Waals surface area contributed by atoms with Crippen LogP contribution < -0.4 is 5.32 Å². The van der Waals surface area contributed by atoms with E-state index in [4.69, 9.17) is 0 Å². The largest absolute Gasteiger partial charge is 0.316 e. The molecule has 1 aliphatic heterocycles. The summed E-state index contributed by atoms with van der Waals surface area (Å²) < 4.78 is 0. The van der Waals surface area contributed by atoms with Gasteiger partial charge in [-0.1, -0.05) is 27.7 Å². The highest BCUT2D eigenvalue weighted by Crippen LogP contribution is 2.35. The molecule has 1 heteroatoms. The lowest BCUT2D eigenvalue weighted by Crippen LogP contribution is -2.43. The topological polar surface area (TPSA) is 12.0 Å². The molecule has 0 spiro atoms. The van der Waals surface area contributed by atoms with E-state index in [-0.39, 0.29) is 0 Å². The van der Waals surface area contributed by atoms with Crippen molar-refractivity contribution >= 4 is 0 Å². The lowest BCUT2D eigenvalue weighted by atomic mass is 9.71. The second kappa shape index (κ2) is 3.78. The van der Waals surface area contributed by atoms with Crippen molar-refractivity contribution in [1.29, 1.82) is 0 Å². The zero-order valence-electron chi connectivity index (χ0n) is 8.98. The number of hydrogen-bond donors (Lipinski definition) is 1. The van der Waals surface area contributed by atoms with E-state index >= 15 is 0 Å². The molecule has 1 nitrogen and oxygen atoms in total. The Bertz CT molecular complexity index is 138. The third kappa shape index (κ3) is 2.48. The maximum atomic E-state index is 3.48. The van der Waals surface area contributed by atoms with E-state index in [1.54, 1.807) is 0 Å². The zero-order chi connectivity index (χ0) is 9.19. The Labute approximate surface area is 76.9 Å². The molecule has 1 heterocycles. The molecule has 0 aromatic heterocycles. The molecule has 1 fully saturated rings. The Morgan fingerprint density at radius 3 is 2.58 bits per heavy atom. The summed E-state index contributed by atoms with van der Waals surface area (Å²) in [4.78, 5) is 0. The molecule has 0 aromatic rings. The summed E-state index contributed by atoms with van der Waals surface area (Å²) in [5, 5.41) is 3.48. The van der Waals surface area contributed by atoms with Crippen LogP contribution in [0.15, 0.2) is 0 Å². The van der Waals surface area contributed by atoms with Gasteiger partial charge in [0.05, 0.1) is 0 Å². The molecule has 1 atom stereocenters. The molecular formula is C11H23N. The van der Waals surface area contributed by atoms with Crippen LogP contribution in [0.3, 0.4) is 0 Å². The maximum Gasteiger partial charge on any atom is 0.000518 e. The zero-order valence-corrected chi connectivity index (χ0v) is 8.98. The molecule has 0 saturated carbocycles. The van der Waals surface area contributed by atoms with Crippen LogP contribution in [0.2, 0.25) is 0 Å². The molecule has 1 rings (SSSR count). The van der Waals surface area contributed by atoms with Crippen LogP contribution in [0.1, 0.15) is 40.5 Å². The van der Waals surface area contributed by atoms with Gasteiger partial charge >= 0.3 is 0 Å². The van der Waals surface area contributed by atoms with Crippen LogP contribution in [0.25, 0.3) is 0 Å². The van der Waals surface area contributed by atoms with Crippen LogP contribution in [-0.4, -0.2) is 13.1 Å². The first-order valence-electron chi connectivity index (χ1n) is 5.23. The molecule has 12 heavy (non-hydrogen) atoms. The average molecular weight is 169 g/mol. The molecule has 0 amide bonds. The van der Waals surface area contributed by atoms with Gasteiger partial charge in [-0.3, -0.25) is 0 Å². The SMILES string of the molecule is CC(C)CC1CCNCC1(C)C. The van der Waals surface area contributed by atoms with Gasteiger partial charge in [-0.15, -0.1) is 0 Å². The molecule has 1 saturated heterocycles. The summed E-state index contributed by atoms with van der Waals surface area (Å²) in [7, 11) is 0. The van der Waals surface area contributed by atoms with Crippen LogP contribution in [0, 0.1) is 17.3 Å². The van der Waals surface area contributed by atoms with E-state index in [1.807, 2.05) is 0 Å². The van der Waals surface area contributed by atoms with Crippen molar-refractivity contribution in [1.82, 2.24) is 5.32 Å². The molecule has 0 radical (unpaired) electrons. The van der Waals surface area contributed by atoms with Crippen molar-refractivity contribution < 1.29 is 0 Å². The van der Waals surface area contributed by atoms with Gasteiger partial charge < -0.3 is 5.32 Å². The fourth-order valence-electron chi connectivity index (χ4n) is 2.23. The third-order valence-electron chi connectivity index (χ3n) is 3.11. The summed E-state index contributed by atoms with van der Waals surface area (Å²) in [6.45, 7) is 11.9. The van der Waals surface area contributed by atoms with Gasteiger partial charge in [0.2, 0.25) is 0 Å². The highest BCUT2D eigenvalue weighted by atomic mass is 14.9. The summed E-state index contributed by atoms with van der Waals surface area (Å²) >= 11 is 0. The number of piperidine rings is 1. The number of rotatable bonds is 2. The monoisotopic (exact) mass is 169 g/mol. The van der Waals surface area contributed by atoms with E-state index in [0.29, 0.717) is 5.41 Å². The molecule has 0 bridgehead atoms. The van der Waals surface area contributed by atoms with E-state index < -0.39 is 0 Å². The molecule has 72 valence electrons. The van der Waals surface area contributed by atoms with Crippen molar-refractivity contribution in [3.05, 3.63) is 0 Å². The quantitative estimate of drug-likeness (QED) is 0.670. The van der Waals surface area contributed by atoms with Crippen molar-refractivity contribution in [3.8, 4) is 0 Å². The first kappa shape index (κ1) is 10.0. The van der Waals surface area contributed by atoms with E-state index in [9.17, 15) is 0 Å². The van der Waals surface area contributed by atoms with Gasteiger partial charge in [0.1, 0.15) is 0 Å². The van der Waals surface area contributed by atoms with Gasteiger partial charge in [-0.2, -0.15) is 0 Å². The predicted molar refractivity (Wildman–Crippen MR) is 54.2 cm³/mol. The average Bonchev–Trinajstić information content (AvgIpc) is 1.92. The Morgan fingerprint density at radius 2 is 2.08 bits per heavy atom. The number of hydrogen-bond acceptors (Lipinski definition) is 1. The van der Waals surface area contributed by atoms with Gasteiger partial charge in [0.15, 0.2) is 0 Å². The summed E-state index contributed by atoms with van der Waals surface area (Å²) in [5.41, 5.74) is 0.516. The Kier molecular flexibility index (Phi) is 3.16. The van der Waals surface area contributed by atoms with E-state index in [1.165, 1.54) is 25.9 Å². The standard InChI is InChI=1S/C11H23N/c1-9(2)7-10-5-6-12-8-11(10,3)4/h9-10,12H,5-8H2,1-4H3. The summed E-state index contributed by atoms with van der Waals surface area (Å²) in [6, 6.07) is 0. The van der Waals surface area contributed by atoms with Crippen LogP contribution in [-0.2, 0) is 0 Å². The van der Waals surface area contributed by atoms with Gasteiger partial charge in [0, 0.05) is 6.54 Å². The van der Waals surface area contributed by atoms with E-state index in [2.05, 4.69) is 33.0 Å². The second-order valence-electron chi connectivity index (χ2n) is 5.28. The summed E-state index contributed by atoms with van der Waals surface area (Å²) in [5.74, 6) is 1.78. The molecule has 1 N–H and O–H groups in total. The highest BCUT2D eigenvalue weighted by molar-refractivity contribution is 4.85. The lowest BCUT2D eigenvalue weighted by molar-refractivity contribution is 0.133. The number of nitrogens with one attached hydrogen (secondary N) is 1. The van der Waals surface area contributed by atoms with Crippen molar-refractivity contribution in [3.63, 3.8) is 0 Å². The molecule has 0 aliphatic carbocycles. The Balaban J connectivity index is 2.48. The fourth-order valence-corrected chi connectivity index (χ4v) is 2.23. The van der Waals surface area contributed by atoms with Crippen molar-refractivity contribution in [2.75, 3.05) is 13.1 Å². The minimum absolute atomic E-state index is 0.516. The molecular weight excluding hydrogens is 146 g/mol. The second-order valence-corrected chi connectivity index (χ2v) is 5.28. The first-order valence-corrected chi connectivity index (χ1v) is 5.23.